The van der Waals surface area contributed by atoms with Gasteiger partial charge >= 0.3 is 5.97 Å². The number of carboxylic acid groups (broad SMARTS) is 1. The zero-order chi connectivity index (χ0) is 11.5. The number of aromatic carboxylic acids is 1. The second kappa shape index (κ2) is 4.07. The summed E-state index contributed by atoms with van der Waals surface area (Å²) in [5.41, 5.74) is 1.09. The average molecular weight is 214 g/mol. The van der Waals surface area contributed by atoms with Crippen molar-refractivity contribution in [3.05, 3.63) is 36.0 Å². The molecule has 0 aliphatic rings. The Bertz CT molecular complexity index is 578. The Labute approximate surface area is 92.3 Å². The number of benzene rings is 1. The average Bonchev–Trinajstić information content (AvgIpc) is 2.65. The van der Waals surface area contributed by atoms with Crippen molar-refractivity contribution >= 4 is 16.9 Å². The lowest BCUT2D eigenvalue weighted by atomic mass is 10.2. The number of aromatic nitrogens is 1. The fraction of sp³-hybridized carbons (Fsp3) is 0.167. The van der Waals surface area contributed by atoms with Crippen LogP contribution in [-0.2, 0) is 6.54 Å². The maximum absolute atomic E-state index is 11.1. The van der Waals surface area contributed by atoms with Crippen LogP contribution >= 0.6 is 0 Å². The van der Waals surface area contributed by atoms with E-state index in [2.05, 4.69) is 0 Å². The van der Waals surface area contributed by atoms with Crippen LogP contribution in [0.5, 0.6) is 0 Å². The van der Waals surface area contributed by atoms with Gasteiger partial charge in [-0.3, -0.25) is 0 Å². The fourth-order valence-electron chi connectivity index (χ4n) is 1.79. The van der Waals surface area contributed by atoms with Gasteiger partial charge in [-0.1, -0.05) is 18.2 Å². The quantitative estimate of drug-likeness (QED) is 0.852. The summed E-state index contributed by atoms with van der Waals surface area (Å²) in [7, 11) is 0. The van der Waals surface area contributed by atoms with Crippen LogP contribution in [0.3, 0.4) is 0 Å². The van der Waals surface area contributed by atoms with E-state index in [0.29, 0.717) is 13.0 Å². The molecular weight excluding hydrogens is 204 g/mol. The van der Waals surface area contributed by atoms with Crippen molar-refractivity contribution < 1.29 is 9.90 Å². The molecule has 0 fully saturated rings. The first-order chi connectivity index (χ1) is 7.74. The summed E-state index contributed by atoms with van der Waals surface area (Å²) >= 11 is 0. The fourth-order valence-corrected chi connectivity index (χ4v) is 1.79. The predicted molar refractivity (Wildman–Crippen MR) is 59.1 cm³/mol. The predicted octanol–water partition coefficient (Wildman–Crippen LogP) is 2.25. The molecular formula is C12H10N2O2. The van der Waals surface area contributed by atoms with E-state index in [1.807, 2.05) is 30.3 Å². The number of fused-ring (bicyclic) bond motifs is 1. The monoisotopic (exact) mass is 214 g/mol. The van der Waals surface area contributed by atoms with Gasteiger partial charge < -0.3 is 9.67 Å². The zero-order valence-corrected chi connectivity index (χ0v) is 8.55. The minimum absolute atomic E-state index is 0.233. The highest BCUT2D eigenvalue weighted by Crippen LogP contribution is 2.20. The summed E-state index contributed by atoms with van der Waals surface area (Å²) in [5, 5.41) is 18.5. The second-order valence-corrected chi connectivity index (χ2v) is 3.45. The van der Waals surface area contributed by atoms with Crippen molar-refractivity contribution in [3.8, 4) is 6.07 Å². The van der Waals surface area contributed by atoms with Gasteiger partial charge in [-0.05, 0) is 12.1 Å². The molecule has 1 aromatic heterocycles. The minimum Gasteiger partial charge on any atom is -0.477 e. The lowest BCUT2D eigenvalue weighted by molar-refractivity contribution is 0.0685. The number of nitriles is 1. The first-order valence-corrected chi connectivity index (χ1v) is 4.92. The molecule has 16 heavy (non-hydrogen) atoms. The zero-order valence-electron chi connectivity index (χ0n) is 8.55. The van der Waals surface area contributed by atoms with Gasteiger partial charge in [0.25, 0.3) is 0 Å². The molecule has 0 aliphatic heterocycles. The number of carbonyl (C=O) groups is 1. The van der Waals surface area contributed by atoms with Crippen LogP contribution in [0.4, 0.5) is 0 Å². The molecule has 0 radical (unpaired) electrons. The van der Waals surface area contributed by atoms with Gasteiger partial charge in [0.15, 0.2) is 0 Å². The largest absolute Gasteiger partial charge is 0.477 e. The lowest BCUT2D eigenvalue weighted by Crippen LogP contribution is -2.08. The highest BCUT2D eigenvalue weighted by Gasteiger charge is 2.13. The lowest BCUT2D eigenvalue weighted by Gasteiger charge is -2.04. The van der Waals surface area contributed by atoms with Gasteiger partial charge in [0.1, 0.15) is 5.69 Å². The molecule has 0 spiro atoms. The van der Waals surface area contributed by atoms with Crippen LogP contribution in [0.15, 0.2) is 30.3 Å². The van der Waals surface area contributed by atoms with Crippen LogP contribution < -0.4 is 0 Å². The summed E-state index contributed by atoms with van der Waals surface area (Å²) in [4.78, 5) is 11.1. The molecule has 0 unspecified atom stereocenters. The van der Waals surface area contributed by atoms with E-state index in [9.17, 15) is 4.79 Å². The van der Waals surface area contributed by atoms with E-state index < -0.39 is 5.97 Å². The Morgan fingerprint density at radius 3 is 2.88 bits per heavy atom. The summed E-state index contributed by atoms with van der Waals surface area (Å²) in [6.45, 7) is 0.408. The third kappa shape index (κ3) is 1.63. The molecule has 2 rings (SSSR count). The van der Waals surface area contributed by atoms with Crippen LogP contribution in [-0.4, -0.2) is 15.6 Å². The maximum Gasteiger partial charge on any atom is 0.352 e. The molecule has 2 aromatic rings. The van der Waals surface area contributed by atoms with Gasteiger partial charge in [-0.15, -0.1) is 0 Å². The van der Waals surface area contributed by atoms with Crippen molar-refractivity contribution in [2.75, 3.05) is 0 Å². The van der Waals surface area contributed by atoms with Crippen LogP contribution in [0.1, 0.15) is 16.9 Å². The van der Waals surface area contributed by atoms with Crippen molar-refractivity contribution in [2.24, 2.45) is 0 Å². The third-order valence-electron chi connectivity index (χ3n) is 2.48. The third-order valence-corrected chi connectivity index (χ3v) is 2.48. The van der Waals surface area contributed by atoms with Gasteiger partial charge in [0, 0.05) is 17.4 Å². The standard InChI is InChI=1S/C12H10N2O2/c13-6-3-7-14-10-5-2-1-4-9(10)8-11(14)12(15)16/h1-2,4-5,8H,3,7H2,(H,15,16). The van der Waals surface area contributed by atoms with Crippen molar-refractivity contribution in [1.82, 2.24) is 4.57 Å². The van der Waals surface area contributed by atoms with E-state index in [4.69, 9.17) is 10.4 Å². The first kappa shape index (κ1) is 10.2. The van der Waals surface area contributed by atoms with E-state index >= 15 is 0 Å². The van der Waals surface area contributed by atoms with Crippen LogP contribution in [0, 0.1) is 11.3 Å². The maximum atomic E-state index is 11.1. The summed E-state index contributed by atoms with van der Waals surface area (Å²) in [6, 6.07) is 11.1. The number of rotatable bonds is 3. The molecule has 1 aromatic carbocycles. The van der Waals surface area contributed by atoms with E-state index in [0.717, 1.165) is 10.9 Å². The Morgan fingerprint density at radius 2 is 2.19 bits per heavy atom. The molecule has 1 N–H and O–H groups in total. The number of aryl methyl sites for hydroxylation is 1. The number of carboxylic acids is 1. The molecule has 4 heteroatoms. The molecule has 0 atom stereocenters. The SMILES string of the molecule is N#CCCn1c(C(=O)O)cc2ccccc21. The summed E-state index contributed by atoms with van der Waals surface area (Å²) in [5.74, 6) is -0.964. The van der Waals surface area contributed by atoms with Crippen molar-refractivity contribution in [3.63, 3.8) is 0 Å². The Morgan fingerprint density at radius 1 is 1.44 bits per heavy atom. The molecule has 80 valence electrons. The van der Waals surface area contributed by atoms with E-state index in [-0.39, 0.29) is 5.69 Å². The molecule has 4 nitrogen and oxygen atoms in total. The van der Waals surface area contributed by atoms with Gasteiger partial charge in [-0.2, -0.15) is 5.26 Å². The Hall–Kier alpha value is -2.28. The summed E-state index contributed by atoms with van der Waals surface area (Å²) < 4.78 is 1.67. The number of para-hydroxylation sites is 1. The molecule has 0 bridgehead atoms. The number of hydrogen-bond acceptors (Lipinski definition) is 2. The number of nitrogens with zero attached hydrogens (tertiary/aromatic N) is 2. The van der Waals surface area contributed by atoms with E-state index in [1.165, 1.54) is 0 Å². The first-order valence-electron chi connectivity index (χ1n) is 4.92. The molecule has 0 saturated carbocycles. The number of hydrogen-bond donors (Lipinski definition) is 1. The Balaban J connectivity index is 2.60. The van der Waals surface area contributed by atoms with Gasteiger partial charge in [-0.25, -0.2) is 4.79 Å². The smallest absolute Gasteiger partial charge is 0.352 e. The highest BCUT2D eigenvalue weighted by atomic mass is 16.4. The highest BCUT2D eigenvalue weighted by molar-refractivity contribution is 5.94. The van der Waals surface area contributed by atoms with Crippen LogP contribution in [0.2, 0.25) is 0 Å². The Kier molecular flexibility index (Phi) is 2.61. The van der Waals surface area contributed by atoms with Gasteiger partial charge in [0.2, 0.25) is 0 Å². The molecule has 0 aliphatic carbocycles. The van der Waals surface area contributed by atoms with Gasteiger partial charge in [0.05, 0.1) is 12.5 Å². The topological polar surface area (TPSA) is 66.0 Å². The molecule has 1 heterocycles. The second-order valence-electron chi connectivity index (χ2n) is 3.45. The van der Waals surface area contributed by atoms with Crippen LogP contribution in [0.25, 0.3) is 10.9 Å². The minimum atomic E-state index is -0.964. The van der Waals surface area contributed by atoms with Crippen molar-refractivity contribution in [2.45, 2.75) is 13.0 Å². The van der Waals surface area contributed by atoms with Crippen molar-refractivity contribution in [1.29, 1.82) is 5.26 Å². The molecule has 0 amide bonds. The van der Waals surface area contributed by atoms with E-state index in [1.54, 1.807) is 10.6 Å². The molecule has 0 saturated heterocycles. The normalized spacial score (nSPS) is 10.2. The summed E-state index contributed by atoms with van der Waals surface area (Å²) in [6.07, 6.45) is 0.305.